The third kappa shape index (κ3) is 2.48. The van der Waals surface area contributed by atoms with Crippen molar-refractivity contribution in [3.05, 3.63) is 91.5 Å². The third-order valence-electron chi connectivity index (χ3n) is 4.34. The van der Waals surface area contributed by atoms with Crippen LogP contribution in [0.4, 0.5) is 0 Å². The Morgan fingerprint density at radius 3 is 2.88 bits per heavy atom. The number of ether oxygens (including phenoxy) is 1. The van der Waals surface area contributed by atoms with Crippen molar-refractivity contribution in [2.45, 2.75) is 0 Å². The maximum Gasteiger partial charge on any atom is 0.153 e. The van der Waals surface area contributed by atoms with Crippen molar-refractivity contribution >= 4 is 16.4 Å². The molecule has 0 aliphatic rings. The van der Waals surface area contributed by atoms with Crippen molar-refractivity contribution in [1.82, 2.24) is 14.4 Å². The first-order valence-electron chi connectivity index (χ1n) is 8.33. The van der Waals surface area contributed by atoms with Gasteiger partial charge in [0, 0.05) is 28.7 Å². The molecule has 0 amide bonds. The Balaban J connectivity index is 1.66. The average Bonchev–Trinajstić information content (AvgIpc) is 3.13. The molecule has 2 aromatic carbocycles. The maximum atomic E-state index is 6.04. The summed E-state index contributed by atoms with van der Waals surface area (Å²) in [5.74, 6) is 1.46. The summed E-state index contributed by atoms with van der Waals surface area (Å²) < 4.78 is 8.11. The number of pyridine rings is 2. The van der Waals surface area contributed by atoms with Gasteiger partial charge in [-0.3, -0.25) is 9.38 Å². The monoisotopic (exact) mass is 336 g/mol. The number of aromatic nitrogens is 3. The molecule has 4 heteroatoms. The molecule has 0 saturated heterocycles. The van der Waals surface area contributed by atoms with E-state index in [-0.39, 0.29) is 0 Å². The van der Waals surface area contributed by atoms with Crippen LogP contribution in [-0.4, -0.2) is 14.4 Å². The number of imidazole rings is 1. The molecule has 3 heterocycles. The maximum absolute atomic E-state index is 6.04. The molecule has 5 aromatic rings. The molecule has 3 aromatic heterocycles. The van der Waals surface area contributed by atoms with Gasteiger partial charge in [-0.25, -0.2) is 4.98 Å². The summed E-state index contributed by atoms with van der Waals surface area (Å²) >= 11 is 0. The van der Waals surface area contributed by atoms with E-state index in [4.69, 9.17) is 4.74 Å². The van der Waals surface area contributed by atoms with Crippen molar-refractivity contribution in [3.63, 3.8) is 0 Å². The Hall–Kier alpha value is -3.66. The van der Waals surface area contributed by atoms with Gasteiger partial charge in [0.1, 0.15) is 11.4 Å². The fourth-order valence-electron chi connectivity index (χ4n) is 3.09. The molecule has 0 spiro atoms. The zero-order valence-corrected chi connectivity index (χ0v) is 13.8. The van der Waals surface area contributed by atoms with Crippen LogP contribution in [0.3, 0.4) is 0 Å². The molecular weight excluding hydrogens is 322 g/mol. The largest absolute Gasteiger partial charge is 0.455 e. The lowest BCUT2D eigenvalue weighted by Gasteiger charge is -2.10. The molecule has 0 unspecified atom stereocenters. The van der Waals surface area contributed by atoms with E-state index in [9.17, 15) is 0 Å². The quantitative estimate of drug-likeness (QED) is 0.458. The van der Waals surface area contributed by atoms with E-state index in [0.717, 1.165) is 39.2 Å². The van der Waals surface area contributed by atoms with E-state index in [2.05, 4.69) is 38.6 Å². The van der Waals surface area contributed by atoms with E-state index in [1.807, 2.05) is 61.1 Å². The Labute approximate surface area is 150 Å². The number of nitrogens with zero attached hydrogens (tertiary/aromatic N) is 3. The van der Waals surface area contributed by atoms with Crippen molar-refractivity contribution in [2.24, 2.45) is 0 Å². The first-order valence-corrected chi connectivity index (χ1v) is 8.33. The molecular formula is C22H14N3O. The van der Waals surface area contributed by atoms with Gasteiger partial charge in [0.2, 0.25) is 0 Å². The van der Waals surface area contributed by atoms with Crippen molar-refractivity contribution in [1.29, 1.82) is 0 Å². The second-order valence-corrected chi connectivity index (χ2v) is 5.99. The van der Waals surface area contributed by atoms with Crippen LogP contribution in [-0.2, 0) is 0 Å². The topological polar surface area (TPSA) is 39.4 Å². The summed E-state index contributed by atoms with van der Waals surface area (Å²) in [6.07, 6.45) is 7.50. The van der Waals surface area contributed by atoms with Gasteiger partial charge in [0.15, 0.2) is 5.75 Å². The predicted octanol–water partition coefficient (Wildman–Crippen LogP) is 5.14. The number of hydrogen-bond donors (Lipinski definition) is 0. The molecule has 4 nitrogen and oxygen atoms in total. The Bertz CT molecular complexity index is 1210. The van der Waals surface area contributed by atoms with Crippen LogP contribution in [0.15, 0.2) is 85.5 Å². The summed E-state index contributed by atoms with van der Waals surface area (Å²) in [6.45, 7) is 0. The fourth-order valence-corrected chi connectivity index (χ4v) is 3.09. The fraction of sp³-hybridized carbons (Fsp3) is 0. The molecule has 0 N–H and O–H groups in total. The second-order valence-electron chi connectivity index (χ2n) is 5.99. The highest BCUT2D eigenvalue weighted by atomic mass is 16.5. The molecule has 123 valence electrons. The minimum absolute atomic E-state index is 0.720. The normalized spacial score (nSPS) is 11.1. The second kappa shape index (κ2) is 6.01. The van der Waals surface area contributed by atoms with Crippen LogP contribution >= 0.6 is 0 Å². The minimum atomic E-state index is 0.720. The summed E-state index contributed by atoms with van der Waals surface area (Å²) in [4.78, 5) is 8.78. The number of benzene rings is 2. The van der Waals surface area contributed by atoms with E-state index >= 15 is 0 Å². The molecule has 0 atom stereocenters. The highest BCUT2D eigenvalue weighted by Crippen LogP contribution is 2.32. The summed E-state index contributed by atoms with van der Waals surface area (Å²) in [6, 6.07) is 22.7. The van der Waals surface area contributed by atoms with Crippen LogP contribution in [0.2, 0.25) is 0 Å². The molecule has 0 bridgehead atoms. The molecule has 5 rings (SSSR count). The Morgan fingerprint density at radius 1 is 0.962 bits per heavy atom. The van der Waals surface area contributed by atoms with E-state index in [1.165, 1.54) is 0 Å². The number of rotatable bonds is 3. The number of fused-ring (bicyclic) bond motifs is 2. The SMILES string of the molecule is [c]1cccc(Oc2cncc3ccc(-c4cnc5ccccn45)cc23)c1. The molecule has 0 saturated carbocycles. The highest BCUT2D eigenvalue weighted by molar-refractivity contribution is 5.91. The van der Waals surface area contributed by atoms with E-state index in [1.54, 1.807) is 6.20 Å². The predicted molar refractivity (Wildman–Crippen MR) is 101 cm³/mol. The first-order chi connectivity index (χ1) is 12.9. The van der Waals surface area contributed by atoms with Crippen LogP contribution in [0.5, 0.6) is 11.5 Å². The van der Waals surface area contributed by atoms with Crippen LogP contribution in [0, 0.1) is 6.07 Å². The highest BCUT2D eigenvalue weighted by Gasteiger charge is 2.09. The summed E-state index contributed by atoms with van der Waals surface area (Å²) in [7, 11) is 0. The summed E-state index contributed by atoms with van der Waals surface area (Å²) in [5, 5.41) is 2.03. The number of hydrogen-bond acceptors (Lipinski definition) is 3. The summed E-state index contributed by atoms with van der Waals surface area (Å²) in [5.41, 5.74) is 3.04. The molecule has 0 fully saturated rings. The van der Waals surface area contributed by atoms with Gasteiger partial charge in [-0.2, -0.15) is 0 Å². The van der Waals surface area contributed by atoms with E-state index in [0.29, 0.717) is 0 Å². The third-order valence-corrected chi connectivity index (χ3v) is 4.34. The van der Waals surface area contributed by atoms with Gasteiger partial charge in [-0.1, -0.05) is 30.3 Å². The molecule has 0 aliphatic heterocycles. The van der Waals surface area contributed by atoms with Crippen LogP contribution in [0.1, 0.15) is 0 Å². The molecule has 0 aliphatic carbocycles. The smallest absolute Gasteiger partial charge is 0.153 e. The zero-order valence-electron chi connectivity index (χ0n) is 13.8. The van der Waals surface area contributed by atoms with Crippen molar-refractivity contribution in [3.8, 4) is 22.8 Å². The van der Waals surface area contributed by atoms with Gasteiger partial charge in [-0.15, -0.1) is 0 Å². The molecule has 1 radical (unpaired) electrons. The Morgan fingerprint density at radius 2 is 1.96 bits per heavy atom. The lowest BCUT2D eigenvalue weighted by atomic mass is 10.1. The van der Waals surface area contributed by atoms with E-state index < -0.39 is 0 Å². The van der Waals surface area contributed by atoms with Gasteiger partial charge >= 0.3 is 0 Å². The van der Waals surface area contributed by atoms with Crippen LogP contribution in [0.25, 0.3) is 27.7 Å². The van der Waals surface area contributed by atoms with Gasteiger partial charge in [0.25, 0.3) is 0 Å². The zero-order chi connectivity index (χ0) is 17.3. The molecule has 26 heavy (non-hydrogen) atoms. The van der Waals surface area contributed by atoms with Crippen molar-refractivity contribution < 1.29 is 4.74 Å². The van der Waals surface area contributed by atoms with Gasteiger partial charge in [0.05, 0.1) is 18.1 Å². The Kier molecular flexibility index (Phi) is 3.39. The minimum Gasteiger partial charge on any atom is -0.455 e. The lowest BCUT2D eigenvalue weighted by molar-refractivity contribution is 0.486. The average molecular weight is 336 g/mol. The van der Waals surface area contributed by atoms with Crippen molar-refractivity contribution in [2.75, 3.05) is 0 Å². The lowest BCUT2D eigenvalue weighted by Crippen LogP contribution is -1.90. The van der Waals surface area contributed by atoms with Gasteiger partial charge < -0.3 is 4.74 Å². The first kappa shape index (κ1) is 14.7. The standard InChI is InChI=1S/C22H14N3O/c1-2-6-18(7-3-1)26-21-15-23-13-17-10-9-16(12-19(17)21)20-14-24-22-8-4-5-11-25(20)22/h1-2,4-15H. The van der Waals surface area contributed by atoms with Gasteiger partial charge in [-0.05, 0) is 36.4 Å². The van der Waals surface area contributed by atoms with Crippen LogP contribution < -0.4 is 4.74 Å².